The number of aliphatic hydroxyl groups is 1. The topological polar surface area (TPSA) is 50.1 Å². The van der Waals surface area contributed by atoms with Crippen molar-refractivity contribution in [2.75, 3.05) is 13.2 Å². The standard InChI is InChI=1S/C15H21N3O/c1-2-16-15(11-19)8-7-13(9-15)18-14-6-4-3-5-12(14)10-17-18/h3-6,10,13,16,19H,2,7-9,11H2,1H3. The number of benzene rings is 1. The molecule has 4 heteroatoms. The molecule has 1 aliphatic carbocycles. The van der Waals surface area contributed by atoms with Gasteiger partial charge in [-0.05, 0) is 31.9 Å². The van der Waals surface area contributed by atoms with Gasteiger partial charge in [0.15, 0.2) is 0 Å². The van der Waals surface area contributed by atoms with Crippen LogP contribution in [-0.4, -0.2) is 33.6 Å². The largest absolute Gasteiger partial charge is 0.394 e. The number of likely N-dealkylation sites (N-methyl/N-ethyl adjacent to an activating group) is 1. The summed E-state index contributed by atoms with van der Waals surface area (Å²) in [6, 6.07) is 8.69. The van der Waals surface area contributed by atoms with Gasteiger partial charge in [0.1, 0.15) is 0 Å². The molecule has 19 heavy (non-hydrogen) atoms. The van der Waals surface area contributed by atoms with Crippen LogP contribution in [0.25, 0.3) is 10.9 Å². The molecule has 1 aromatic heterocycles. The molecule has 2 unspecified atom stereocenters. The van der Waals surface area contributed by atoms with Gasteiger partial charge in [-0.1, -0.05) is 25.1 Å². The quantitative estimate of drug-likeness (QED) is 0.884. The van der Waals surface area contributed by atoms with E-state index in [1.54, 1.807) is 0 Å². The predicted molar refractivity (Wildman–Crippen MR) is 76.1 cm³/mol. The van der Waals surface area contributed by atoms with Crippen molar-refractivity contribution in [2.24, 2.45) is 0 Å². The molecule has 3 rings (SSSR count). The van der Waals surface area contributed by atoms with Gasteiger partial charge in [0.25, 0.3) is 0 Å². The first-order valence-corrected chi connectivity index (χ1v) is 7.06. The van der Waals surface area contributed by atoms with Crippen LogP contribution >= 0.6 is 0 Å². The molecule has 1 fully saturated rings. The molecule has 0 spiro atoms. The van der Waals surface area contributed by atoms with E-state index < -0.39 is 0 Å². The molecule has 102 valence electrons. The molecule has 0 amide bonds. The number of rotatable bonds is 4. The highest BCUT2D eigenvalue weighted by molar-refractivity contribution is 5.78. The summed E-state index contributed by atoms with van der Waals surface area (Å²) >= 11 is 0. The molecule has 0 radical (unpaired) electrons. The van der Waals surface area contributed by atoms with Gasteiger partial charge >= 0.3 is 0 Å². The zero-order chi connectivity index (χ0) is 13.3. The molecular weight excluding hydrogens is 238 g/mol. The molecule has 2 atom stereocenters. The SMILES string of the molecule is CCNC1(CO)CCC(n2ncc3ccccc32)C1. The van der Waals surface area contributed by atoms with Gasteiger partial charge in [0.05, 0.1) is 24.4 Å². The lowest BCUT2D eigenvalue weighted by Gasteiger charge is -2.28. The minimum absolute atomic E-state index is 0.119. The first-order chi connectivity index (χ1) is 9.28. The second-order valence-electron chi connectivity index (χ2n) is 5.51. The van der Waals surface area contributed by atoms with E-state index in [2.05, 4.69) is 40.2 Å². The molecule has 0 aliphatic heterocycles. The molecule has 2 N–H and O–H groups in total. The Hall–Kier alpha value is -1.39. The smallest absolute Gasteiger partial charge is 0.0685 e. The number of aromatic nitrogens is 2. The average Bonchev–Trinajstić information content (AvgIpc) is 3.03. The molecule has 4 nitrogen and oxygen atoms in total. The van der Waals surface area contributed by atoms with E-state index >= 15 is 0 Å². The molecule has 1 heterocycles. The van der Waals surface area contributed by atoms with Crippen molar-refractivity contribution in [2.45, 2.75) is 37.8 Å². The number of aliphatic hydroxyl groups excluding tert-OH is 1. The predicted octanol–water partition coefficient (Wildman–Crippen LogP) is 2.10. The summed E-state index contributed by atoms with van der Waals surface area (Å²) in [4.78, 5) is 0. The van der Waals surface area contributed by atoms with Gasteiger partial charge in [-0.3, -0.25) is 4.68 Å². The minimum Gasteiger partial charge on any atom is -0.394 e. The minimum atomic E-state index is -0.119. The summed E-state index contributed by atoms with van der Waals surface area (Å²) in [5, 5.41) is 18.9. The fourth-order valence-electron chi connectivity index (χ4n) is 3.32. The molecule has 0 saturated heterocycles. The van der Waals surface area contributed by atoms with Gasteiger partial charge in [0.2, 0.25) is 0 Å². The van der Waals surface area contributed by atoms with E-state index in [1.807, 2.05) is 12.3 Å². The number of fused-ring (bicyclic) bond motifs is 1. The molecule has 2 aromatic rings. The summed E-state index contributed by atoms with van der Waals surface area (Å²) in [7, 11) is 0. The fourth-order valence-corrected chi connectivity index (χ4v) is 3.32. The van der Waals surface area contributed by atoms with Crippen molar-refractivity contribution < 1.29 is 5.11 Å². The van der Waals surface area contributed by atoms with Gasteiger partial charge in [0, 0.05) is 10.9 Å². The maximum atomic E-state index is 9.68. The van der Waals surface area contributed by atoms with Crippen LogP contribution in [0.1, 0.15) is 32.2 Å². The van der Waals surface area contributed by atoms with E-state index in [0.29, 0.717) is 6.04 Å². The van der Waals surface area contributed by atoms with E-state index in [0.717, 1.165) is 25.8 Å². The van der Waals surface area contributed by atoms with Gasteiger partial charge in [-0.15, -0.1) is 0 Å². The van der Waals surface area contributed by atoms with Crippen LogP contribution in [0.15, 0.2) is 30.5 Å². The molecule has 1 aliphatic rings. The number of nitrogens with zero attached hydrogens (tertiary/aromatic N) is 2. The summed E-state index contributed by atoms with van der Waals surface area (Å²) in [5.74, 6) is 0. The number of hydrogen-bond donors (Lipinski definition) is 2. The van der Waals surface area contributed by atoms with Gasteiger partial charge < -0.3 is 10.4 Å². The Kier molecular flexibility index (Phi) is 3.29. The van der Waals surface area contributed by atoms with Crippen molar-refractivity contribution >= 4 is 10.9 Å². The lowest BCUT2D eigenvalue weighted by molar-refractivity contribution is 0.162. The van der Waals surface area contributed by atoms with Crippen LogP contribution < -0.4 is 5.32 Å². The monoisotopic (exact) mass is 259 g/mol. The zero-order valence-corrected chi connectivity index (χ0v) is 11.3. The number of hydrogen-bond acceptors (Lipinski definition) is 3. The Morgan fingerprint density at radius 2 is 2.32 bits per heavy atom. The lowest BCUT2D eigenvalue weighted by Crippen LogP contribution is -2.46. The average molecular weight is 259 g/mol. The van der Waals surface area contributed by atoms with E-state index in [-0.39, 0.29) is 12.1 Å². The van der Waals surface area contributed by atoms with Gasteiger partial charge in [-0.25, -0.2) is 0 Å². The van der Waals surface area contributed by atoms with Crippen LogP contribution in [0.3, 0.4) is 0 Å². The van der Waals surface area contributed by atoms with Crippen LogP contribution in [0, 0.1) is 0 Å². The maximum Gasteiger partial charge on any atom is 0.0685 e. The van der Waals surface area contributed by atoms with Crippen LogP contribution in [0.5, 0.6) is 0 Å². The maximum absolute atomic E-state index is 9.68. The van der Waals surface area contributed by atoms with Crippen molar-refractivity contribution in [3.63, 3.8) is 0 Å². The summed E-state index contributed by atoms with van der Waals surface area (Å²) < 4.78 is 2.13. The van der Waals surface area contributed by atoms with Crippen molar-refractivity contribution in [1.29, 1.82) is 0 Å². The highest BCUT2D eigenvalue weighted by Gasteiger charge is 2.39. The number of nitrogens with one attached hydrogen (secondary N) is 1. The third kappa shape index (κ3) is 2.15. The Morgan fingerprint density at radius 1 is 1.47 bits per heavy atom. The van der Waals surface area contributed by atoms with Crippen molar-refractivity contribution in [3.8, 4) is 0 Å². The Morgan fingerprint density at radius 3 is 3.11 bits per heavy atom. The Labute approximate surface area is 113 Å². The van der Waals surface area contributed by atoms with Crippen LogP contribution in [-0.2, 0) is 0 Å². The zero-order valence-electron chi connectivity index (χ0n) is 11.3. The Balaban J connectivity index is 1.88. The fraction of sp³-hybridized carbons (Fsp3) is 0.533. The summed E-state index contributed by atoms with van der Waals surface area (Å²) in [6.45, 7) is 3.19. The summed E-state index contributed by atoms with van der Waals surface area (Å²) in [5.41, 5.74) is 1.07. The third-order valence-corrected chi connectivity index (χ3v) is 4.29. The van der Waals surface area contributed by atoms with Crippen LogP contribution in [0.4, 0.5) is 0 Å². The second-order valence-corrected chi connectivity index (χ2v) is 5.51. The molecule has 1 saturated carbocycles. The first kappa shape index (κ1) is 12.6. The van der Waals surface area contributed by atoms with E-state index in [1.165, 1.54) is 10.9 Å². The molecule has 0 bridgehead atoms. The normalized spacial score (nSPS) is 27.2. The van der Waals surface area contributed by atoms with E-state index in [9.17, 15) is 5.11 Å². The Bertz CT molecular complexity index is 565. The van der Waals surface area contributed by atoms with Crippen molar-refractivity contribution in [1.82, 2.24) is 15.1 Å². The highest BCUT2D eigenvalue weighted by atomic mass is 16.3. The third-order valence-electron chi connectivity index (χ3n) is 4.29. The van der Waals surface area contributed by atoms with Crippen molar-refractivity contribution in [3.05, 3.63) is 30.5 Å². The molecule has 1 aromatic carbocycles. The molecular formula is C15H21N3O. The second kappa shape index (κ2) is 4.94. The lowest BCUT2D eigenvalue weighted by atomic mass is 9.98. The van der Waals surface area contributed by atoms with E-state index in [4.69, 9.17) is 0 Å². The summed E-state index contributed by atoms with van der Waals surface area (Å²) in [6.07, 6.45) is 4.96. The number of para-hydroxylation sites is 1. The highest BCUT2D eigenvalue weighted by Crippen LogP contribution is 2.38. The van der Waals surface area contributed by atoms with Crippen LogP contribution in [0.2, 0.25) is 0 Å². The first-order valence-electron chi connectivity index (χ1n) is 7.06. The van der Waals surface area contributed by atoms with Gasteiger partial charge in [-0.2, -0.15) is 5.10 Å².